The van der Waals surface area contributed by atoms with Gasteiger partial charge in [0, 0.05) is 18.7 Å². The fourth-order valence-corrected chi connectivity index (χ4v) is 1.88. The lowest BCUT2D eigenvalue weighted by molar-refractivity contribution is -0.121. The van der Waals surface area contributed by atoms with Crippen molar-refractivity contribution in [1.29, 1.82) is 0 Å². The summed E-state index contributed by atoms with van der Waals surface area (Å²) in [6.45, 7) is 2.69. The predicted octanol–water partition coefficient (Wildman–Crippen LogP) is 1.68. The largest absolute Gasteiger partial charge is 0.383 e. The molecule has 0 aromatic heterocycles. The number of urea groups is 1. The second-order valence-corrected chi connectivity index (χ2v) is 5.23. The highest BCUT2D eigenvalue weighted by atomic mass is 35.5. The first-order valence-electron chi connectivity index (χ1n) is 7.09. The maximum Gasteiger partial charge on any atom is 0.315 e. The van der Waals surface area contributed by atoms with Gasteiger partial charge in [0.05, 0.1) is 19.2 Å². The quantitative estimate of drug-likeness (QED) is 0.679. The highest BCUT2D eigenvalue weighted by Gasteiger charge is 2.10. The summed E-state index contributed by atoms with van der Waals surface area (Å²) < 4.78 is 4.99. The first kappa shape index (κ1) is 18.3. The Morgan fingerprint density at radius 1 is 1.23 bits per heavy atom. The zero-order valence-electron chi connectivity index (χ0n) is 12.8. The van der Waals surface area contributed by atoms with Gasteiger partial charge in [-0.1, -0.05) is 30.7 Å². The maximum absolute atomic E-state index is 11.7. The lowest BCUT2D eigenvalue weighted by atomic mass is 10.2. The maximum atomic E-state index is 11.7. The number of carbonyl (C=O) groups excluding carboxylic acids is 2. The predicted molar refractivity (Wildman–Crippen MR) is 85.8 cm³/mol. The fourth-order valence-electron chi connectivity index (χ4n) is 1.75. The lowest BCUT2D eigenvalue weighted by Crippen LogP contribution is -2.45. The SMILES string of the molecule is CC[C@@H](COC)NC(=O)CNC(=O)NCc1ccc(Cl)cc1. The van der Waals surface area contributed by atoms with Gasteiger partial charge >= 0.3 is 6.03 Å². The van der Waals surface area contributed by atoms with Crippen molar-refractivity contribution < 1.29 is 14.3 Å². The van der Waals surface area contributed by atoms with Crippen LogP contribution in [-0.4, -0.2) is 38.2 Å². The monoisotopic (exact) mass is 327 g/mol. The van der Waals surface area contributed by atoms with Crippen molar-refractivity contribution in [2.24, 2.45) is 0 Å². The zero-order chi connectivity index (χ0) is 16.4. The van der Waals surface area contributed by atoms with Gasteiger partial charge < -0.3 is 20.7 Å². The van der Waals surface area contributed by atoms with Crippen LogP contribution >= 0.6 is 11.6 Å². The second-order valence-electron chi connectivity index (χ2n) is 4.79. The molecule has 0 saturated carbocycles. The normalized spacial score (nSPS) is 11.6. The Kier molecular flexibility index (Phi) is 8.32. The molecule has 6 nitrogen and oxygen atoms in total. The van der Waals surface area contributed by atoms with Gasteiger partial charge in [-0.05, 0) is 24.1 Å². The number of hydrogen-bond acceptors (Lipinski definition) is 3. The van der Waals surface area contributed by atoms with Crippen LogP contribution in [0.15, 0.2) is 24.3 Å². The van der Waals surface area contributed by atoms with Crippen LogP contribution in [0.25, 0.3) is 0 Å². The van der Waals surface area contributed by atoms with E-state index in [1.54, 1.807) is 19.2 Å². The molecule has 0 aliphatic heterocycles. The fraction of sp³-hybridized carbons (Fsp3) is 0.467. The smallest absolute Gasteiger partial charge is 0.315 e. The standard InChI is InChI=1S/C15H22ClN3O3/c1-3-13(10-22-2)19-14(20)9-18-15(21)17-8-11-4-6-12(16)7-5-11/h4-7,13H,3,8-10H2,1-2H3,(H,19,20)(H2,17,18,21)/t13-/m0/s1. The van der Waals surface area contributed by atoms with Crippen LogP contribution < -0.4 is 16.0 Å². The van der Waals surface area contributed by atoms with Gasteiger partial charge in [-0.25, -0.2) is 4.79 Å². The van der Waals surface area contributed by atoms with E-state index in [1.807, 2.05) is 19.1 Å². The summed E-state index contributed by atoms with van der Waals surface area (Å²) in [6.07, 6.45) is 0.766. The summed E-state index contributed by atoms with van der Waals surface area (Å²) >= 11 is 5.78. The molecule has 0 radical (unpaired) electrons. The number of ether oxygens (including phenoxy) is 1. The number of nitrogens with one attached hydrogen (secondary N) is 3. The second kappa shape index (κ2) is 10.0. The molecule has 3 amide bonds. The Morgan fingerprint density at radius 3 is 2.50 bits per heavy atom. The molecule has 7 heteroatoms. The van der Waals surface area contributed by atoms with E-state index in [1.165, 1.54) is 0 Å². The summed E-state index contributed by atoms with van der Waals surface area (Å²) in [7, 11) is 1.58. The van der Waals surface area contributed by atoms with Crippen LogP contribution in [0.4, 0.5) is 4.79 Å². The summed E-state index contributed by atoms with van der Waals surface area (Å²) in [6, 6.07) is 6.72. The first-order chi connectivity index (χ1) is 10.5. The van der Waals surface area contributed by atoms with Gasteiger partial charge in [0.1, 0.15) is 0 Å². The Bertz CT molecular complexity index is 479. The van der Waals surface area contributed by atoms with Crippen molar-refractivity contribution in [2.45, 2.75) is 25.9 Å². The average molecular weight is 328 g/mol. The molecule has 3 N–H and O–H groups in total. The first-order valence-corrected chi connectivity index (χ1v) is 7.47. The van der Waals surface area contributed by atoms with Gasteiger partial charge in [0.15, 0.2) is 0 Å². The molecule has 0 fully saturated rings. The molecule has 0 aliphatic carbocycles. The Labute approximate surface area is 135 Å². The van der Waals surface area contributed by atoms with E-state index in [4.69, 9.17) is 16.3 Å². The summed E-state index contributed by atoms with van der Waals surface area (Å²) in [4.78, 5) is 23.3. The minimum Gasteiger partial charge on any atom is -0.383 e. The molecule has 122 valence electrons. The molecule has 1 aromatic carbocycles. The Hall–Kier alpha value is -1.79. The van der Waals surface area contributed by atoms with E-state index < -0.39 is 6.03 Å². The molecule has 0 unspecified atom stereocenters. The van der Waals surface area contributed by atoms with Crippen molar-refractivity contribution >= 4 is 23.5 Å². The molecule has 1 aromatic rings. The van der Waals surface area contributed by atoms with E-state index in [-0.39, 0.29) is 18.5 Å². The summed E-state index contributed by atoms with van der Waals surface area (Å²) in [5, 5.41) is 8.60. The van der Waals surface area contributed by atoms with E-state index >= 15 is 0 Å². The van der Waals surface area contributed by atoms with Crippen molar-refractivity contribution in [3.8, 4) is 0 Å². The zero-order valence-corrected chi connectivity index (χ0v) is 13.6. The summed E-state index contributed by atoms with van der Waals surface area (Å²) in [5.74, 6) is -0.245. The van der Waals surface area contributed by atoms with E-state index in [0.29, 0.717) is 18.2 Å². The van der Waals surface area contributed by atoms with E-state index in [2.05, 4.69) is 16.0 Å². The van der Waals surface area contributed by atoms with Gasteiger partial charge in [-0.2, -0.15) is 0 Å². The van der Waals surface area contributed by atoms with Crippen LogP contribution in [0.2, 0.25) is 5.02 Å². The minimum absolute atomic E-state index is 0.0450. The van der Waals surface area contributed by atoms with Gasteiger partial charge in [0.25, 0.3) is 0 Å². The Morgan fingerprint density at radius 2 is 1.91 bits per heavy atom. The van der Waals surface area contributed by atoms with Gasteiger partial charge in [-0.3, -0.25) is 4.79 Å². The highest BCUT2D eigenvalue weighted by molar-refractivity contribution is 6.30. The van der Waals surface area contributed by atoms with Crippen molar-refractivity contribution in [3.63, 3.8) is 0 Å². The number of halogens is 1. The Balaban J connectivity index is 2.24. The number of carbonyl (C=O) groups is 2. The van der Waals surface area contributed by atoms with E-state index in [9.17, 15) is 9.59 Å². The van der Waals surface area contributed by atoms with Gasteiger partial charge in [-0.15, -0.1) is 0 Å². The molecule has 22 heavy (non-hydrogen) atoms. The third-order valence-corrected chi connectivity index (χ3v) is 3.25. The minimum atomic E-state index is -0.398. The van der Waals surface area contributed by atoms with Crippen LogP contribution in [0, 0.1) is 0 Å². The van der Waals surface area contributed by atoms with Crippen LogP contribution in [0.5, 0.6) is 0 Å². The number of methoxy groups -OCH3 is 1. The number of benzene rings is 1. The average Bonchev–Trinajstić information content (AvgIpc) is 2.52. The lowest BCUT2D eigenvalue weighted by Gasteiger charge is -2.16. The number of amides is 3. The molecular weight excluding hydrogens is 306 g/mol. The number of hydrogen-bond donors (Lipinski definition) is 3. The highest BCUT2D eigenvalue weighted by Crippen LogP contribution is 2.08. The summed E-state index contributed by atoms with van der Waals surface area (Å²) in [5.41, 5.74) is 0.926. The van der Waals surface area contributed by atoms with E-state index in [0.717, 1.165) is 12.0 Å². The third-order valence-electron chi connectivity index (χ3n) is 3.00. The third kappa shape index (κ3) is 7.28. The van der Waals surface area contributed by atoms with Crippen LogP contribution in [0.1, 0.15) is 18.9 Å². The molecule has 0 spiro atoms. The topological polar surface area (TPSA) is 79.5 Å². The molecule has 0 bridgehead atoms. The van der Waals surface area contributed by atoms with Crippen LogP contribution in [0.3, 0.4) is 0 Å². The molecular formula is C15H22ClN3O3. The molecule has 1 rings (SSSR count). The molecule has 0 heterocycles. The van der Waals surface area contributed by atoms with Gasteiger partial charge in [0.2, 0.25) is 5.91 Å². The van der Waals surface area contributed by atoms with Crippen molar-refractivity contribution in [2.75, 3.05) is 20.3 Å². The van der Waals surface area contributed by atoms with Crippen molar-refractivity contribution in [1.82, 2.24) is 16.0 Å². The molecule has 1 atom stereocenters. The molecule has 0 aliphatic rings. The van der Waals surface area contributed by atoms with Crippen molar-refractivity contribution in [3.05, 3.63) is 34.9 Å². The number of rotatable bonds is 8. The molecule has 0 saturated heterocycles. The van der Waals surface area contributed by atoms with Crippen LogP contribution in [-0.2, 0) is 16.1 Å².